The van der Waals surface area contributed by atoms with Crippen molar-refractivity contribution in [3.8, 4) is 11.5 Å². The summed E-state index contributed by atoms with van der Waals surface area (Å²) < 4.78 is 23.2. The first-order valence-electron chi connectivity index (χ1n) is 12.1. The van der Waals surface area contributed by atoms with Crippen LogP contribution in [0.15, 0.2) is 36.4 Å². The third-order valence-electron chi connectivity index (χ3n) is 7.41. The summed E-state index contributed by atoms with van der Waals surface area (Å²) in [5.41, 5.74) is 2.05. The number of carbonyl (C=O) groups excluding carboxylic acids is 2. The van der Waals surface area contributed by atoms with Gasteiger partial charge < -0.3 is 18.8 Å². The molecular formula is C26H32BN2O6. The molecule has 0 saturated heterocycles. The zero-order valence-electron chi connectivity index (χ0n) is 21.2. The summed E-state index contributed by atoms with van der Waals surface area (Å²) in [5, 5.41) is 0. The molecule has 2 amide bonds. The second-order valence-corrected chi connectivity index (χ2v) is 8.95. The van der Waals surface area contributed by atoms with Crippen LogP contribution in [-0.4, -0.2) is 34.0 Å². The van der Waals surface area contributed by atoms with Crippen LogP contribution in [0.1, 0.15) is 64.5 Å². The monoisotopic (exact) mass is 479 g/mol. The fraction of sp³-hybridized carbons (Fsp3) is 0.462. The van der Waals surface area contributed by atoms with Crippen molar-refractivity contribution >= 4 is 31.2 Å². The smallest absolute Gasteiger partial charge is 0.526 e. The lowest BCUT2D eigenvalue weighted by atomic mass is 9.85. The molecule has 2 aliphatic rings. The number of nitrogens with zero attached hydrogens (tertiary/aromatic N) is 2. The molecule has 35 heavy (non-hydrogen) atoms. The molecule has 4 rings (SSSR count). The maximum Gasteiger partial charge on any atom is 0.658 e. The van der Waals surface area contributed by atoms with Gasteiger partial charge in [-0.2, -0.15) is 0 Å². The van der Waals surface area contributed by atoms with E-state index < -0.39 is 11.2 Å². The summed E-state index contributed by atoms with van der Waals surface area (Å²) in [4.78, 5) is 27.7. The average molecular weight is 479 g/mol. The van der Waals surface area contributed by atoms with Crippen LogP contribution < -0.4 is 19.1 Å². The van der Waals surface area contributed by atoms with Crippen LogP contribution in [0, 0.1) is 0 Å². The van der Waals surface area contributed by atoms with Crippen LogP contribution in [0.5, 0.6) is 11.5 Å². The number of ether oxygens (including phenoxy) is 2. The Morgan fingerprint density at radius 2 is 1.09 bits per heavy atom. The van der Waals surface area contributed by atoms with Gasteiger partial charge in [-0.15, -0.1) is 0 Å². The Labute approximate surface area is 207 Å². The highest BCUT2D eigenvalue weighted by Gasteiger charge is 2.43. The first-order chi connectivity index (χ1) is 16.7. The van der Waals surface area contributed by atoms with Crippen LogP contribution in [0.2, 0.25) is 0 Å². The molecule has 0 bridgehead atoms. The highest BCUT2D eigenvalue weighted by atomic mass is 16.6. The Balaban J connectivity index is 1.54. The van der Waals surface area contributed by atoms with E-state index in [0.717, 1.165) is 22.5 Å². The molecule has 0 unspecified atom stereocenters. The summed E-state index contributed by atoms with van der Waals surface area (Å²) in [7, 11) is 4.67. The molecule has 0 spiro atoms. The number of benzene rings is 2. The molecule has 2 aromatic carbocycles. The lowest BCUT2D eigenvalue weighted by molar-refractivity contribution is -0.000827. The first-order valence-corrected chi connectivity index (χ1v) is 12.1. The average Bonchev–Trinajstić information content (AvgIpc) is 2.88. The predicted molar refractivity (Wildman–Crippen MR) is 134 cm³/mol. The van der Waals surface area contributed by atoms with Gasteiger partial charge in [0.05, 0.1) is 11.4 Å². The fourth-order valence-corrected chi connectivity index (χ4v) is 4.96. The van der Waals surface area contributed by atoms with Crippen molar-refractivity contribution in [2.45, 2.75) is 64.6 Å². The van der Waals surface area contributed by atoms with Crippen LogP contribution >= 0.6 is 0 Å². The predicted octanol–water partition coefficient (Wildman–Crippen LogP) is 5.88. The molecule has 2 aliphatic heterocycles. The zero-order valence-corrected chi connectivity index (χ0v) is 21.2. The Kier molecular flexibility index (Phi) is 6.62. The lowest BCUT2D eigenvalue weighted by Crippen LogP contribution is -2.43. The summed E-state index contributed by atoms with van der Waals surface area (Å²) in [5.74, 6) is 1.15. The Morgan fingerprint density at radius 1 is 0.714 bits per heavy atom. The van der Waals surface area contributed by atoms with E-state index >= 15 is 0 Å². The van der Waals surface area contributed by atoms with Crippen LogP contribution in [-0.2, 0) is 20.7 Å². The van der Waals surface area contributed by atoms with Gasteiger partial charge in [0.15, 0.2) is 0 Å². The molecule has 8 nitrogen and oxygen atoms in total. The molecule has 0 fully saturated rings. The lowest BCUT2D eigenvalue weighted by Gasteiger charge is -2.41. The summed E-state index contributed by atoms with van der Waals surface area (Å²) in [6.45, 7) is 8.02. The van der Waals surface area contributed by atoms with Gasteiger partial charge in [-0.05, 0) is 62.1 Å². The summed E-state index contributed by atoms with van der Waals surface area (Å²) in [6, 6.07) is 11.1. The molecule has 0 aromatic heterocycles. The Bertz CT molecular complexity index is 1040. The van der Waals surface area contributed by atoms with Crippen LogP contribution in [0.3, 0.4) is 0 Å². The molecule has 0 saturated carbocycles. The standard InChI is InChI=1S/C26H32BN2O6/c1-7-25(8-2)19-15-17(11-13-21(19)28(5)23(30)32-25)34-27-35-18-12-14-22-20(16-18)26(9-3,10-4)33-24(31)29(22)6/h11-16H,7-10H2,1-6H3. The molecule has 1 radical (unpaired) electrons. The summed E-state index contributed by atoms with van der Waals surface area (Å²) in [6.07, 6.45) is 1.91. The van der Waals surface area contributed by atoms with E-state index in [9.17, 15) is 9.59 Å². The van der Waals surface area contributed by atoms with E-state index in [4.69, 9.17) is 18.8 Å². The molecule has 2 aromatic rings. The second-order valence-electron chi connectivity index (χ2n) is 8.95. The van der Waals surface area contributed by atoms with E-state index in [2.05, 4.69) is 0 Å². The largest absolute Gasteiger partial charge is 0.658 e. The first kappa shape index (κ1) is 24.8. The van der Waals surface area contributed by atoms with E-state index in [-0.39, 0.29) is 12.2 Å². The van der Waals surface area contributed by atoms with Crippen molar-refractivity contribution in [3.05, 3.63) is 47.5 Å². The van der Waals surface area contributed by atoms with E-state index in [1.54, 1.807) is 26.2 Å². The zero-order chi connectivity index (χ0) is 25.4. The number of amides is 2. The van der Waals surface area contributed by atoms with Gasteiger partial charge in [0.25, 0.3) is 0 Å². The number of hydrogen-bond donors (Lipinski definition) is 0. The number of carbonyl (C=O) groups is 2. The van der Waals surface area contributed by atoms with E-state index in [1.165, 1.54) is 17.5 Å². The van der Waals surface area contributed by atoms with Crippen LogP contribution in [0.4, 0.5) is 21.0 Å². The highest BCUT2D eigenvalue weighted by Crippen LogP contribution is 2.45. The van der Waals surface area contributed by atoms with Crippen molar-refractivity contribution in [2.24, 2.45) is 0 Å². The number of hydrogen-bond acceptors (Lipinski definition) is 6. The maximum absolute atomic E-state index is 12.3. The van der Waals surface area contributed by atoms with Crippen LogP contribution in [0.25, 0.3) is 0 Å². The van der Waals surface area contributed by atoms with Gasteiger partial charge in [0, 0.05) is 25.2 Å². The van der Waals surface area contributed by atoms with Gasteiger partial charge in [-0.1, -0.05) is 27.7 Å². The van der Waals surface area contributed by atoms with E-state index in [1.807, 2.05) is 52.0 Å². The van der Waals surface area contributed by atoms with Crippen molar-refractivity contribution in [1.29, 1.82) is 0 Å². The quantitative estimate of drug-likeness (QED) is 0.440. The summed E-state index contributed by atoms with van der Waals surface area (Å²) >= 11 is 0. The Hall–Kier alpha value is -3.36. The molecule has 185 valence electrons. The topological polar surface area (TPSA) is 77.5 Å². The molecule has 0 atom stereocenters. The number of rotatable bonds is 8. The minimum atomic E-state index is -0.690. The minimum absolute atomic E-state index is 0.358. The van der Waals surface area contributed by atoms with Gasteiger partial charge in [0.1, 0.15) is 22.7 Å². The van der Waals surface area contributed by atoms with Gasteiger partial charge in [-0.25, -0.2) is 9.59 Å². The maximum atomic E-state index is 12.3. The number of cyclic esters (lactones) is 2. The highest BCUT2D eigenvalue weighted by molar-refractivity contribution is 6.20. The third kappa shape index (κ3) is 4.07. The van der Waals surface area contributed by atoms with Crippen molar-refractivity contribution in [3.63, 3.8) is 0 Å². The Morgan fingerprint density at radius 3 is 1.43 bits per heavy atom. The molecule has 0 aliphatic carbocycles. The van der Waals surface area contributed by atoms with E-state index in [0.29, 0.717) is 37.2 Å². The molecule has 2 heterocycles. The molecular weight excluding hydrogens is 447 g/mol. The SMILES string of the molecule is CCC1(CC)OC(=O)N(C)c2ccc(O[B]Oc3ccc4c(c3)C(CC)(CC)OC(=O)N4C)cc21. The third-order valence-corrected chi connectivity index (χ3v) is 7.41. The minimum Gasteiger partial charge on any atom is -0.526 e. The molecule has 0 N–H and O–H groups in total. The van der Waals surface area contributed by atoms with Crippen molar-refractivity contribution in [2.75, 3.05) is 23.9 Å². The van der Waals surface area contributed by atoms with Gasteiger partial charge in [-0.3, -0.25) is 9.80 Å². The number of anilines is 2. The fourth-order valence-electron chi connectivity index (χ4n) is 4.96. The van der Waals surface area contributed by atoms with Crippen molar-refractivity contribution in [1.82, 2.24) is 0 Å². The van der Waals surface area contributed by atoms with Crippen molar-refractivity contribution < 1.29 is 28.4 Å². The second kappa shape index (κ2) is 9.36. The normalized spacial score (nSPS) is 17.7. The number of fused-ring (bicyclic) bond motifs is 2. The van der Waals surface area contributed by atoms with Gasteiger partial charge >= 0.3 is 19.9 Å². The van der Waals surface area contributed by atoms with Gasteiger partial charge in [0.2, 0.25) is 0 Å². The molecule has 9 heteroatoms.